The number of aromatic hydroxyl groups is 1. The number of hydrogen-bond donors (Lipinski definition) is 2. The Hall–Kier alpha value is -3.27. The van der Waals surface area contributed by atoms with Crippen LogP contribution in [0.1, 0.15) is 11.7 Å². The molecular formula is C20H15N3O. The predicted octanol–water partition coefficient (Wildman–Crippen LogP) is 4.38. The first-order chi connectivity index (χ1) is 11.8. The fourth-order valence-corrected chi connectivity index (χ4v) is 3.44. The summed E-state index contributed by atoms with van der Waals surface area (Å²) in [7, 11) is 0. The van der Waals surface area contributed by atoms with Crippen molar-refractivity contribution in [2.45, 2.75) is 6.17 Å². The summed E-state index contributed by atoms with van der Waals surface area (Å²) in [6.45, 7) is 0. The number of fused-ring (bicyclic) bond motifs is 5. The first-order valence-electron chi connectivity index (χ1n) is 7.93. The summed E-state index contributed by atoms with van der Waals surface area (Å²) in [6, 6.07) is 23.7. The summed E-state index contributed by atoms with van der Waals surface area (Å²) in [6.07, 6.45) is -0.116. The maximum atomic E-state index is 9.90. The van der Waals surface area contributed by atoms with Crippen LogP contribution in [-0.2, 0) is 0 Å². The van der Waals surface area contributed by atoms with Gasteiger partial charge in [-0.3, -0.25) is 4.57 Å². The van der Waals surface area contributed by atoms with E-state index < -0.39 is 0 Å². The van der Waals surface area contributed by atoms with E-state index in [1.807, 2.05) is 42.5 Å². The molecule has 4 aromatic rings. The van der Waals surface area contributed by atoms with Gasteiger partial charge in [-0.2, -0.15) is 0 Å². The standard InChI is InChI=1S/C20H15N3O/c24-14-7-5-6-13(12-14)19-21-16-9-2-1-8-15(16)20-22-17-10-3-4-11-18(17)23(19)20/h1-12,19,21,24H/t19-/m1/s1. The molecule has 1 aromatic heterocycles. The molecule has 0 unspecified atom stereocenters. The molecule has 0 bridgehead atoms. The molecule has 0 radical (unpaired) electrons. The van der Waals surface area contributed by atoms with Gasteiger partial charge in [-0.05, 0) is 42.0 Å². The van der Waals surface area contributed by atoms with Crippen molar-refractivity contribution < 1.29 is 5.11 Å². The SMILES string of the molecule is Oc1cccc([C@@H]2Nc3ccccc3-c3nc4ccccc4n32)c1. The van der Waals surface area contributed by atoms with E-state index in [4.69, 9.17) is 4.98 Å². The quantitative estimate of drug-likeness (QED) is 0.548. The van der Waals surface area contributed by atoms with E-state index in [0.29, 0.717) is 0 Å². The second-order valence-electron chi connectivity index (χ2n) is 5.98. The number of phenols is 1. The highest BCUT2D eigenvalue weighted by Crippen LogP contribution is 2.40. The van der Waals surface area contributed by atoms with E-state index in [1.54, 1.807) is 12.1 Å². The Labute approximate surface area is 139 Å². The first kappa shape index (κ1) is 13.2. The zero-order chi connectivity index (χ0) is 16.1. The molecule has 1 aliphatic heterocycles. The Morgan fingerprint density at radius 1 is 0.917 bits per heavy atom. The lowest BCUT2D eigenvalue weighted by Gasteiger charge is -2.30. The lowest BCUT2D eigenvalue weighted by atomic mass is 10.1. The molecule has 2 heterocycles. The highest BCUT2D eigenvalue weighted by Gasteiger charge is 2.27. The Bertz CT molecular complexity index is 1070. The van der Waals surface area contributed by atoms with Crippen LogP contribution in [0, 0.1) is 0 Å². The van der Waals surface area contributed by atoms with Gasteiger partial charge in [0.2, 0.25) is 0 Å². The largest absolute Gasteiger partial charge is 0.508 e. The van der Waals surface area contributed by atoms with E-state index in [-0.39, 0.29) is 11.9 Å². The molecular weight excluding hydrogens is 298 g/mol. The molecule has 0 aliphatic carbocycles. The van der Waals surface area contributed by atoms with Crippen LogP contribution in [0.5, 0.6) is 5.75 Å². The van der Waals surface area contributed by atoms with Crippen LogP contribution >= 0.6 is 0 Å². The summed E-state index contributed by atoms with van der Waals surface area (Å²) in [5.74, 6) is 1.21. The molecule has 0 saturated carbocycles. The van der Waals surface area contributed by atoms with Crippen molar-refractivity contribution in [1.29, 1.82) is 0 Å². The van der Waals surface area contributed by atoms with Gasteiger partial charge >= 0.3 is 0 Å². The molecule has 5 rings (SSSR count). The van der Waals surface area contributed by atoms with Crippen LogP contribution < -0.4 is 5.32 Å². The van der Waals surface area contributed by atoms with Crippen molar-refractivity contribution in [3.63, 3.8) is 0 Å². The molecule has 0 saturated heterocycles. The Kier molecular flexibility index (Phi) is 2.67. The number of rotatable bonds is 1. The molecule has 3 aromatic carbocycles. The van der Waals surface area contributed by atoms with Crippen molar-refractivity contribution in [2.75, 3.05) is 5.32 Å². The zero-order valence-corrected chi connectivity index (χ0v) is 12.8. The van der Waals surface area contributed by atoms with Crippen molar-refractivity contribution in [3.05, 3.63) is 78.4 Å². The Morgan fingerprint density at radius 2 is 1.75 bits per heavy atom. The maximum absolute atomic E-state index is 9.90. The minimum absolute atomic E-state index is 0.116. The number of nitrogens with zero attached hydrogens (tertiary/aromatic N) is 2. The molecule has 1 atom stereocenters. The number of hydrogen-bond acceptors (Lipinski definition) is 3. The third kappa shape index (κ3) is 1.83. The molecule has 4 heteroatoms. The number of nitrogens with one attached hydrogen (secondary N) is 1. The summed E-state index contributed by atoms with van der Waals surface area (Å²) in [5.41, 5.74) is 5.17. The Morgan fingerprint density at radius 3 is 2.67 bits per heavy atom. The van der Waals surface area contributed by atoms with E-state index in [0.717, 1.165) is 33.7 Å². The van der Waals surface area contributed by atoms with Crippen LogP contribution in [0.2, 0.25) is 0 Å². The molecule has 116 valence electrons. The van der Waals surface area contributed by atoms with Crippen molar-refractivity contribution in [2.24, 2.45) is 0 Å². The minimum Gasteiger partial charge on any atom is -0.508 e. The van der Waals surface area contributed by atoms with Gasteiger partial charge in [-0.15, -0.1) is 0 Å². The number of anilines is 1. The molecule has 0 fully saturated rings. The maximum Gasteiger partial charge on any atom is 0.145 e. The van der Waals surface area contributed by atoms with Gasteiger partial charge < -0.3 is 10.4 Å². The Balaban J connectivity index is 1.83. The van der Waals surface area contributed by atoms with Crippen LogP contribution in [0.3, 0.4) is 0 Å². The number of benzene rings is 3. The van der Waals surface area contributed by atoms with Crippen LogP contribution in [0.4, 0.5) is 5.69 Å². The number of aromatic nitrogens is 2. The summed E-state index contributed by atoms with van der Waals surface area (Å²) in [4.78, 5) is 4.85. The molecule has 4 nitrogen and oxygen atoms in total. The van der Waals surface area contributed by atoms with Crippen molar-refractivity contribution in [3.8, 4) is 17.1 Å². The second-order valence-corrected chi connectivity index (χ2v) is 5.98. The van der Waals surface area contributed by atoms with E-state index in [1.165, 1.54) is 0 Å². The highest BCUT2D eigenvalue weighted by molar-refractivity contribution is 5.86. The average molecular weight is 313 g/mol. The van der Waals surface area contributed by atoms with Gasteiger partial charge in [-0.25, -0.2) is 4.98 Å². The number of phenolic OH excluding ortho intramolecular Hbond substituents is 1. The lowest BCUT2D eigenvalue weighted by Crippen LogP contribution is -2.24. The molecule has 0 spiro atoms. The van der Waals surface area contributed by atoms with Crippen LogP contribution in [-0.4, -0.2) is 14.7 Å². The minimum atomic E-state index is -0.116. The fourth-order valence-electron chi connectivity index (χ4n) is 3.44. The normalized spacial score (nSPS) is 15.6. The molecule has 24 heavy (non-hydrogen) atoms. The van der Waals surface area contributed by atoms with Gasteiger partial charge in [0.25, 0.3) is 0 Å². The van der Waals surface area contributed by atoms with Gasteiger partial charge in [0.05, 0.1) is 11.0 Å². The summed E-state index contributed by atoms with van der Waals surface area (Å²) >= 11 is 0. The highest BCUT2D eigenvalue weighted by atomic mass is 16.3. The van der Waals surface area contributed by atoms with Gasteiger partial charge in [-0.1, -0.05) is 36.4 Å². The monoisotopic (exact) mass is 313 g/mol. The van der Waals surface area contributed by atoms with Gasteiger partial charge in [0.15, 0.2) is 0 Å². The third-order valence-electron chi connectivity index (χ3n) is 4.50. The first-order valence-corrected chi connectivity index (χ1v) is 7.93. The number of imidazole rings is 1. The zero-order valence-electron chi connectivity index (χ0n) is 12.8. The summed E-state index contributed by atoms with van der Waals surface area (Å²) < 4.78 is 2.20. The van der Waals surface area contributed by atoms with Gasteiger partial charge in [0, 0.05) is 11.3 Å². The van der Waals surface area contributed by atoms with Crippen molar-refractivity contribution >= 4 is 16.7 Å². The van der Waals surface area contributed by atoms with Crippen molar-refractivity contribution in [1.82, 2.24) is 9.55 Å². The molecule has 1 aliphatic rings. The van der Waals surface area contributed by atoms with Gasteiger partial charge in [0.1, 0.15) is 17.7 Å². The smallest absolute Gasteiger partial charge is 0.145 e. The predicted molar refractivity (Wildman–Crippen MR) is 95.0 cm³/mol. The van der Waals surface area contributed by atoms with Crippen LogP contribution in [0.25, 0.3) is 22.4 Å². The van der Waals surface area contributed by atoms with E-state index >= 15 is 0 Å². The topological polar surface area (TPSA) is 50.1 Å². The van der Waals surface area contributed by atoms with Crippen LogP contribution in [0.15, 0.2) is 72.8 Å². The lowest BCUT2D eigenvalue weighted by molar-refractivity contribution is 0.473. The molecule has 0 amide bonds. The van der Waals surface area contributed by atoms with E-state index in [9.17, 15) is 5.11 Å². The van der Waals surface area contributed by atoms with E-state index in [2.05, 4.69) is 28.1 Å². The fraction of sp³-hybridized carbons (Fsp3) is 0.0500. The number of para-hydroxylation sites is 3. The second kappa shape index (κ2) is 4.86. The third-order valence-corrected chi connectivity index (χ3v) is 4.50. The average Bonchev–Trinajstić information content (AvgIpc) is 3.01. The molecule has 2 N–H and O–H groups in total. The summed E-state index contributed by atoms with van der Waals surface area (Å²) in [5, 5.41) is 13.5.